The van der Waals surface area contributed by atoms with E-state index in [9.17, 15) is 13.2 Å². The average Bonchev–Trinajstić information content (AvgIpc) is 2.49. The van der Waals surface area contributed by atoms with Crippen LogP contribution in [0.1, 0.15) is 25.3 Å². The van der Waals surface area contributed by atoms with Crippen LogP contribution in [0.3, 0.4) is 0 Å². The smallest absolute Gasteiger partial charge is 0.240 e. The SMILES string of the molecule is CNS(=O)(=O)c1cc(NC(=O)[C@H]2CCN[C@@H](C)C2)ccc1C. The minimum atomic E-state index is -3.53. The van der Waals surface area contributed by atoms with Crippen molar-refractivity contribution in [3.05, 3.63) is 23.8 Å². The summed E-state index contributed by atoms with van der Waals surface area (Å²) >= 11 is 0. The second kappa shape index (κ2) is 6.76. The van der Waals surface area contributed by atoms with E-state index in [1.807, 2.05) is 0 Å². The van der Waals surface area contributed by atoms with Crippen LogP contribution < -0.4 is 15.4 Å². The van der Waals surface area contributed by atoms with Gasteiger partial charge in [0.1, 0.15) is 0 Å². The zero-order valence-electron chi connectivity index (χ0n) is 13.1. The van der Waals surface area contributed by atoms with Crippen LogP contribution >= 0.6 is 0 Å². The van der Waals surface area contributed by atoms with Crippen molar-refractivity contribution in [2.24, 2.45) is 5.92 Å². The molecule has 0 unspecified atom stereocenters. The molecule has 0 aliphatic carbocycles. The Labute approximate surface area is 131 Å². The summed E-state index contributed by atoms with van der Waals surface area (Å²) in [4.78, 5) is 12.5. The van der Waals surface area contributed by atoms with Gasteiger partial charge in [0.15, 0.2) is 0 Å². The van der Waals surface area contributed by atoms with Crippen LogP contribution in [0.4, 0.5) is 5.69 Å². The van der Waals surface area contributed by atoms with Gasteiger partial charge >= 0.3 is 0 Å². The maximum Gasteiger partial charge on any atom is 0.240 e. The van der Waals surface area contributed by atoms with Gasteiger partial charge in [-0.1, -0.05) is 6.07 Å². The molecular weight excluding hydrogens is 302 g/mol. The molecule has 6 nitrogen and oxygen atoms in total. The number of sulfonamides is 1. The topological polar surface area (TPSA) is 87.3 Å². The summed E-state index contributed by atoms with van der Waals surface area (Å²) < 4.78 is 26.2. The molecule has 7 heteroatoms. The third kappa shape index (κ3) is 3.85. The molecule has 1 heterocycles. The van der Waals surface area contributed by atoms with Crippen molar-refractivity contribution >= 4 is 21.6 Å². The summed E-state index contributed by atoms with van der Waals surface area (Å²) in [7, 11) is -2.16. The molecule has 1 aromatic rings. The third-order valence-corrected chi connectivity index (χ3v) is 5.56. The van der Waals surface area contributed by atoms with Gasteiger partial charge < -0.3 is 10.6 Å². The lowest BCUT2D eigenvalue weighted by atomic mass is 9.92. The molecule has 0 saturated carbocycles. The molecule has 0 aromatic heterocycles. The lowest BCUT2D eigenvalue weighted by Crippen LogP contribution is -2.40. The zero-order valence-corrected chi connectivity index (χ0v) is 14.0. The van der Waals surface area contributed by atoms with Crippen LogP contribution in [0.15, 0.2) is 23.1 Å². The first-order valence-corrected chi connectivity index (χ1v) is 8.90. The van der Waals surface area contributed by atoms with Crippen LogP contribution in [-0.4, -0.2) is 34.0 Å². The van der Waals surface area contributed by atoms with E-state index in [0.717, 1.165) is 19.4 Å². The quantitative estimate of drug-likeness (QED) is 0.777. The highest BCUT2D eigenvalue weighted by Gasteiger charge is 2.25. The van der Waals surface area contributed by atoms with Crippen molar-refractivity contribution in [1.29, 1.82) is 0 Å². The van der Waals surface area contributed by atoms with E-state index in [-0.39, 0.29) is 16.7 Å². The summed E-state index contributed by atoms with van der Waals surface area (Å²) in [5.74, 6) is -0.0908. The Balaban J connectivity index is 2.16. The number of benzene rings is 1. The minimum absolute atomic E-state index is 0.0399. The molecule has 2 atom stereocenters. The zero-order chi connectivity index (χ0) is 16.3. The lowest BCUT2D eigenvalue weighted by Gasteiger charge is -2.27. The summed E-state index contributed by atoms with van der Waals surface area (Å²) in [6.45, 7) is 4.61. The molecule has 122 valence electrons. The molecule has 1 aliphatic rings. The standard InChI is InChI=1S/C15H23N3O3S/c1-10-4-5-13(9-14(10)22(20,21)16-3)18-15(19)12-6-7-17-11(2)8-12/h4-5,9,11-12,16-17H,6-8H2,1-3H3,(H,18,19)/t11-,12-/m0/s1. The van der Waals surface area contributed by atoms with E-state index in [1.165, 1.54) is 13.1 Å². The molecule has 0 radical (unpaired) electrons. The van der Waals surface area contributed by atoms with Gasteiger partial charge in [0.05, 0.1) is 4.90 Å². The maximum atomic E-state index is 12.3. The molecule has 3 N–H and O–H groups in total. The Kier molecular flexibility index (Phi) is 5.20. The highest BCUT2D eigenvalue weighted by molar-refractivity contribution is 7.89. The average molecular weight is 325 g/mol. The number of rotatable bonds is 4. The molecule has 1 aliphatic heterocycles. The van der Waals surface area contributed by atoms with Gasteiger partial charge in [-0.2, -0.15) is 0 Å². The number of hydrogen-bond donors (Lipinski definition) is 3. The Bertz CT molecular complexity index is 658. The highest BCUT2D eigenvalue weighted by Crippen LogP contribution is 2.22. The van der Waals surface area contributed by atoms with Gasteiger partial charge in [-0.05, 0) is 58.0 Å². The van der Waals surface area contributed by atoms with Gasteiger partial charge in [-0.3, -0.25) is 4.79 Å². The van der Waals surface area contributed by atoms with Crippen LogP contribution in [0.25, 0.3) is 0 Å². The van der Waals surface area contributed by atoms with E-state index < -0.39 is 10.0 Å². The second-order valence-electron chi connectivity index (χ2n) is 5.75. The highest BCUT2D eigenvalue weighted by atomic mass is 32.2. The van der Waals surface area contributed by atoms with Crippen LogP contribution in [0.2, 0.25) is 0 Å². The van der Waals surface area contributed by atoms with Crippen molar-refractivity contribution < 1.29 is 13.2 Å². The number of piperidine rings is 1. The van der Waals surface area contributed by atoms with Gasteiger partial charge in [-0.15, -0.1) is 0 Å². The number of amides is 1. The molecule has 1 fully saturated rings. The van der Waals surface area contributed by atoms with Crippen molar-refractivity contribution in [2.45, 2.75) is 37.6 Å². The Morgan fingerprint density at radius 1 is 1.36 bits per heavy atom. The fourth-order valence-corrected chi connectivity index (χ4v) is 3.69. The van der Waals surface area contributed by atoms with Gasteiger partial charge in [0.2, 0.25) is 15.9 Å². The van der Waals surface area contributed by atoms with Crippen molar-refractivity contribution in [2.75, 3.05) is 18.9 Å². The number of hydrogen-bond acceptors (Lipinski definition) is 4. The maximum absolute atomic E-state index is 12.3. The summed E-state index contributed by atoms with van der Waals surface area (Å²) in [5.41, 5.74) is 1.15. The van der Waals surface area contributed by atoms with Crippen LogP contribution in [0, 0.1) is 12.8 Å². The van der Waals surface area contributed by atoms with Gasteiger partial charge in [-0.25, -0.2) is 13.1 Å². The number of carbonyl (C=O) groups is 1. The first-order chi connectivity index (χ1) is 10.3. The number of carbonyl (C=O) groups excluding carboxylic acids is 1. The van der Waals surface area contributed by atoms with E-state index in [4.69, 9.17) is 0 Å². The van der Waals surface area contributed by atoms with Crippen molar-refractivity contribution in [3.8, 4) is 0 Å². The molecule has 0 bridgehead atoms. The molecule has 0 spiro atoms. The molecule has 1 aromatic carbocycles. The van der Waals surface area contributed by atoms with E-state index in [1.54, 1.807) is 19.1 Å². The van der Waals surface area contributed by atoms with Crippen molar-refractivity contribution in [1.82, 2.24) is 10.0 Å². The minimum Gasteiger partial charge on any atom is -0.326 e. The van der Waals surface area contributed by atoms with Crippen molar-refractivity contribution in [3.63, 3.8) is 0 Å². The summed E-state index contributed by atoms with van der Waals surface area (Å²) in [6.07, 6.45) is 1.59. The molecule has 2 rings (SSSR count). The van der Waals surface area contributed by atoms with E-state index >= 15 is 0 Å². The molecular formula is C15H23N3O3S. The largest absolute Gasteiger partial charge is 0.326 e. The number of anilines is 1. The predicted octanol–water partition coefficient (Wildman–Crippen LogP) is 1.23. The van der Waals surface area contributed by atoms with E-state index in [0.29, 0.717) is 17.3 Å². The first-order valence-electron chi connectivity index (χ1n) is 7.42. The predicted molar refractivity (Wildman–Crippen MR) is 86.2 cm³/mol. The Morgan fingerprint density at radius 3 is 2.73 bits per heavy atom. The third-order valence-electron chi connectivity index (χ3n) is 4.01. The normalized spacial score (nSPS) is 22.3. The molecule has 1 saturated heterocycles. The van der Waals surface area contributed by atoms with Crippen LogP contribution in [-0.2, 0) is 14.8 Å². The van der Waals surface area contributed by atoms with Crippen LogP contribution in [0.5, 0.6) is 0 Å². The Hall–Kier alpha value is -1.44. The number of nitrogens with one attached hydrogen (secondary N) is 3. The number of aryl methyl sites for hydroxylation is 1. The molecule has 1 amide bonds. The van der Waals surface area contributed by atoms with Gasteiger partial charge in [0.25, 0.3) is 0 Å². The summed E-state index contributed by atoms with van der Waals surface area (Å²) in [5, 5.41) is 6.14. The fraction of sp³-hybridized carbons (Fsp3) is 0.533. The Morgan fingerprint density at radius 2 is 2.09 bits per heavy atom. The first kappa shape index (κ1) is 16.9. The van der Waals surface area contributed by atoms with Gasteiger partial charge in [0, 0.05) is 17.6 Å². The van der Waals surface area contributed by atoms with E-state index in [2.05, 4.69) is 22.3 Å². The second-order valence-corrected chi connectivity index (χ2v) is 7.61. The monoisotopic (exact) mass is 325 g/mol. The fourth-order valence-electron chi connectivity index (χ4n) is 2.69. The summed E-state index contributed by atoms with van der Waals surface area (Å²) in [6, 6.07) is 5.25. The lowest BCUT2D eigenvalue weighted by molar-refractivity contribution is -0.120. The molecule has 22 heavy (non-hydrogen) atoms.